The maximum atomic E-state index is 10.5. The number of rotatable bonds is 4. The van der Waals surface area contributed by atoms with Crippen LogP contribution in [0.4, 0.5) is 5.00 Å². The third-order valence-electron chi connectivity index (χ3n) is 3.13. The van der Waals surface area contributed by atoms with Crippen LogP contribution >= 0.6 is 11.3 Å². The lowest BCUT2D eigenvalue weighted by Gasteiger charge is -2.29. The van der Waals surface area contributed by atoms with Gasteiger partial charge in [0.2, 0.25) is 0 Å². The zero-order valence-electron chi connectivity index (χ0n) is 9.89. The van der Waals surface area contributed by atoms with Gasteiger partial charge in [-0.05, 0) is 38.5 Å². The Kier molecular flexibility index (Phi) is 4.09. The minimum atomic E-state index is -0.330. The van der Waals surface area contributed by atoms with E-state index in [4.69, 9.17) is 0 Å². The second-order valence-corrected chi connectivity index (χ2v) is 5.40. The van der Waals surface area contributed by atoms with Crippen molar-refractivity contribution in [3.05, 3.63) is 27.1 Å². The first kappa shape index (κ1) is 12.5. The van der Waals surface area contributed by atoms with Crippen LogP contribution in [0.3, 0.4) is 0 Å². The summed E-state index contributed by atoms with van der Waals surface area (Å²) in [6, 6.07) is 2.21. The second-order valence-electron chi connectivity index (χ2n) is 4.51. The second kappa shape index (κ2) is 5.57. The molecule has 0 saturated carbocycles. The molecule has 1 aromatic heterocycles. The molecule has 17 heavy (non-hydrogen) atoms. The Hall–Kier alpha value is -0.980. The maximum absolute atomic E-state index is 10.5. The lowest BCUT2D eigenvalue weighted by atomic mass is 10.1. The summed E-state index contributed by atoms with van der Waals surface area (Å²) < 4.78 is 0. The van der Waals surface area contributed by atoms with E-state index in [0.717, 1.165) is 38.0 Å². The zero-order chi connectivity index (χ0) is 12.3. The Morgan fingerprint density at radius 1 is 1.59 bits per heavy atom. The highest BCUT2D eigenvalue weighted by Gasteiger charge is 2.16. The fraction of sp³-hybridized carbons (Fsp3) is 0.636. The molecular weight excluding hydrogens is 238 g/mol. The predicted octanol–water partition coefficient (Wildman–Crippen LogP) is 1.84. The van der Waals surface area contributed by atoms with E-state index in [1.807, 2.05) is 5.38 Å². The Morgan fingerprint density at radius 3 is 2.88 bits per heavy atom. The number of nitrogens with one attached hydrogen (secondary N) is 1. The molecule has 0 spiro atoms. The van der Waals surface area contributed by atoms with Gasteiger partial charge >= 0.3 is 5.00 Å². The van der Waals surface area contributed by atoms with Crippen LogP contribution in [0.1, 0.15) is 18.4 Å². The van der Waals surface area contributed by atoms with E-state index in [9.17, 15) is 10.1 Å². The van der Waals surface area contributed by atoms with E-state index in [1.165, 1.54) is 11.3 Å². The molecule has 1 saturated heterocycles. The molecule has 0 unspecified atom stereocenters. The van der Waals surface area contributed by atoms with Gasteiger partial charge in [0.05, 0.1) is 4.92 Å². The van der Waals surface area contributed by atoms with E-state index in [2.05, 4.69) is 17.3 Å². The van der Waals surface area contributed by atoms with Crippen LogP contribution in [0, 0.1) is 10.1 Å². The molecule has 1 aliphatic heterocycles. The molecule has 0 amide bonds. The number of piperidine rings is 1. The fourth-order valence-corrected chi connectivity index (χ4v) is 2.76. The standard InChI is InChI=1S/C11H17N3O2S/c1-13-4-2-10(3-5-13)12-7-9-6-11(14(15)16)17-8-9/h6,8,10,12H,2-5,7H2,1H3. The number of nitro groups is 1. The van der Waals surface area contributed by atoms with E-state index in [-0.39, 0.29) is 9.92 Å². The molecular formula is C11H17N3O2S. The van der Waals surface area contributed by atoms with Gasteiger partial charge in [-0.1, -0.05) is 11.3 Å². The third kappa shape index (κ3) is 3.49. The first-order chi connectivity index (χ1) is 8.15. The minimum Gasteiger partial charge on any atom is -0.310 e. The van der Waals surface area contributed by atoms with Gasteiger partial charge in [-0.15, -0.1) is 0 Å². The normalized spacial score (nSPS) is 18.4. The summed E-state index contributed by atoms with van der Waals surface area (Å²) in [5, 5.41) is 16.1. The minimum absolute atomic E-state index is 0.227. The molecule has 2 rings (SSSR count). The van der Waals surface area contributed by atoms with Crippen molar-refractivity contribution >= 4 is 16.3 Å². The lowest BCUT2D eigenvalue weighted by molar-refractivity contribution is -0.380. The summed E-state index contributed by atoms with van der Waals surface area (Å²) in [7, 11) is 2.14. The molecule has 1 aromatic rings. The van der Waals surface area contributed by atoms with Gasteiger partial charge in [0.25, 0.3) is 0 Å². The first-order valence-corrected chi connectivity index (χ1v) is 6.67. The van der Waals surface area contributed by atoms with Crippen molar-refractivity contribution < 1.29 is 4.92 Å². The van der Waals surface area contributed by atoms with Crippen LogP contribution in [0.5, 0.6) is 0 Å². The molecule has 94 valence electrons. The molecule has 0 bridgehead atoms. The molecule has 1 aliphatic rings. The van der Waals surface area contributed by atoms with Gasteiger partial charge in [0.15, 0.2) is 0 Å². The van der Waals surface area contributed by atoms with Crippen molar-refractivity contribution in [2.75, 3.05) is 20.1 Å². The van der Waals surface area contributed by atoms with Crippen molar-refractivity contribution in [2.45, 2.75) is 25.4 Å². The number of nitrogens with zero attached hydrogens (tertiary/aromatic N) is 2. The lowest BCUT2D eigenvalue weighted by Crippen LogP contribution is -2.40. The van der Waals surface area contributed by atoms with E-state index >= 15 is 0 Å². The van der Waals surface area contributed by atoms with E-state index in [0.29, 0.717) is 6.04 Å². The number of thiophene rings is 1. The highest BCUT2D eigenvalue weighted by atomic mass is 32.1. The van der Waals surface area contributed by atoms with Gasteiger partial charge in [-0.25, -0.2) is 0 Å². The largest absolute Gasteiger partial charge is 0.324 e. The Labute approximate surface area is 105 Å². The quantitative estimate of drug-likeness (QED) is 0.659. The molecule has 2 heterocycles. The van der Waals surface area contributed by atoms with Crippen molar-refractivity contribution in [3.63, 3.8) is 0 Å². The summed E-state index contributed by atoms with van der Waals surface area (Å²) in [5.74, 6) is 0. The smallest absolute Gasteiger partial charge is 0.310 e. The Bertz CT molecular complexity index is 386. The number of likely N-dealkylation sites (tertiary alicyclic amines) is 1. The van der Waals surface area contributed by atoms with Crippen molar-refractivity contribution in [1.82, 2.24) is 10.2 Å². The maximum Gasteiger partial charge on any atom is 0.324 e. The summed E-state index contributed by atoms with van der Waals surface area (Å²) in [6.07, 6.45) is 2.31. The summed E-state index contributed by atoms with van der Waals surface area (Å²) in [4.78, 5) is 12.5. The Balaban J connectivity index is 1.79. The average molecular weight is 255 g/mol. The van der Waals surface area contributed by atoms with Gasteiger partial charge in [0.1, 0.15) is 0 Å². The van der Waals surface area contributed by atoms with E-state index < -0.39 is 0 Å². The SMILES string of the molecule is CN1CCC(NCc2csc([N+](=O)[O-])c2)CC1. The van der Waals surface area contributed by atoms with Crippen LogP contribution in [0.25, 0.3) is 0 Å². The molecule has 1 fully saturated rings. The van der Waals surface area contributed by atoms with Gasteiger partial charge in [-0.2, -0.15) is 0 Å². The van der Waals surface area contributed by atoms with Crippen LogP contribution in [-0.4, -0.2) is 36.0 Å². The molecule has 0 aromatic carbocycles. The van der Waals surface area contributed by atoms with Gasteiger partial charge < -0.3 is 10.2 Å². The van der Waals surface area contributed by atoms with Crippen LogP contribution < -0.4 is 5.32 Å². The summed E-state index contributed by atoms with van der Waals surface area (Å²) in [5.41, 5.74) is 1.01. The topological polar surface area (TPSA) is 58.4 Å². The van der Waals surface area contributed by atoms with E-state index in [1.54, 1.807) is 6.07 Å². The van der Waals surface area contributed by atoms with Crippen LogP contribution in [0.15, 0.2) is 11.4 Å². The highest BCUT2D eigenvalue weighted by Crippen LogP contribution is 2.22. The number of hydrogen-bond donors (Lipinski definition) is 1. The fourth-order valence-electron chi connectivity index (χ4n) is 2.03. The number of hydrogen-bond acceptors (Lipinski definition) is 5. The van der Waals surface area contributed by atoms with Crippen LogP contribution in [-0.2, 0) is 6.54 Å². The van der Waals surface area contributed by atoms with Crippen molar-refractivity contribution in [1.29, 1.82) is 0 Å². The molecule has 0 radical (unpaired) electrons. The van der Waals surface area contributed by atoms with Crippen LogP contribution in [0.2, 0.25) is 0 Å². The summed E-state index contributed by atoms with van der Waals surface area (Å²) in [6.45, 7) is 2.99. The van der Waals surface area contributed by atoms with Gasteiger partial charge in [0, 0.05) is 24.0 Å². The molecule has 1 N–H and O–H groups in total. The van der Waals surface area contributed by atoms with Crippen molar-refractivity contribution in [2.24, 2.45) is 0 Å². The molecule has 0 aliphatic carbocycles. The third-order valence-corrected chi connectivity index (χ3v) is 4.06. The predicted molar refractivity (Wildman–Crippen MR) is 68.3 cm³/mol. The molecule has 0 atom stereocenters. The first-order valence-electron chi connectivity index (χ1n) is 5.79. The summed E-state index contributed by atoms with van der Waals surface area (Å²) >= 11 is 1.20. The molecule has 5 nitrogen and oxygen atoms in total. The average Bonchev–Trinajstić information content (AvgIpc) is 2.77. The van der Waals surface area contributed by atoms with Gasteiger partial charge in [-0.3, -0.25) is 10.1 Å². The van der Waals surface area contributed by atoms with Crippen molar-refractivity contribution in [3.8, 4) is 0 Å². The zero-order valence-corrected chi connectivity index (χ0v) is 10.7. The molecule has 6 heteroatoms. The Morgan fingerprint density at radius 2 is 2.29 bits per heavy atom. The monoisotopic (exact) mass is 255 g/mol. The highest BCUT2D eigenvalue weighted by molar-refractivity contribution is 7.13.